The normalized spacial score (nSPS) is 11.0. The average molecular weight is 457 g/mol. The van der Waals surface area contributed by atoms with Crippen LogP contribution in [0.4, 0.5) is 0 Å². The number of halogens is 2. The van der Waals surface area contributed by atoms with Gasteiger partial charge in [-0.1, -0.05) is 47.5 Å². The van der Waals surface area contributed by atoms with Gasteiger partial charge in [-0.2, -0.15) is 5.10 Å². The van der Waals surface area contributed by atoms with Crippen molar-refractivity contribution in [3.63, 3.8) is 0 Å². The number of amides is 2. The molecule has 0 saturated carbocycles. The monoisotopic (exact) mass is 456 g/mol. The van der Waals surface area contributed by atoms with Crippen LogP contribution in [0, 0.1) is 6.92 Å². The number of nitrogens with one attached hydrogen (secondary N) is 2. The van der Waals surface area contributed by atoms with Gasteiger partial charge in [0, 0.05) is 35.8 Å². The van der Waals surface area contributed by atoms with Crippen molar-refractivity contribution in [1.29, 1.82) is 0 Å². The van der Waals surface area contributed by atoms with Crippen molar-refractivity contribution in [3.05, 3.63) is 92.7 Å². The summed E-state index contributed by atoms with van der Waals surface area (Å²) in [5.41, 5.74) is 3.79. The number of benzene rings is 2. The molecule has 0 aliphatic carbocycles. The summed E-state index contributed by atoms with van der Waals surface area (Å²) in [4.78, 5) is 24.0. The second-order valence-electron chi connectivity index (χ2n) is 6.90. The van der Waals surface area contributed by atoms with Crippen molar-refractivity contribution in [1.82, 2.24) is 20.4 Å². The van der Waals surface area contributed by atoms with E-state index in [0.717, 1.165) is 16.8 Å². The van der Waals surface area contributed by atoms with E-state index < -0.39 is 0 Å². The van der Waals surface area contributed by atoms with Gasteiger partial charge in [-0.3, -0.25) is 9.59 Å². The third-order valence-electron chi connectivity index (χ3n) is 4.64. The zero-order valence-electron chi connectivity index (χ0n) is 17.2. The van der Waals surface area contributed by atoms with Crippen LogP contribution in [0.15, 0.2) is 54.6 Å². The van der Waals surface area contributed by atoms with Crippen LogP contribution in [0.25, 0.3) is 6.08 Å². The molecule has 0 spiro atoms. The zero-order chi connectivity index (χ0) is 22.4. The van der Waals surface area contributed by atoms with Crippen LogP contribution in [0.1, 0.15) is 32.7 Å². The number of aryl methyl sites for hydroxylation is 1. The summed E-state index contributed by atoms with van der Waals surface area (Å²) in [5, 5.41) is 11.0. The van der Waals surface area contributed by atoms with Gasteiger partial charge >= 0.3 is 0 Å². The predicted molar refractivity (Wildman–Crippen MR) is 123 cm³/mol. The van der Waals surface area contributed by atoms with Crippen molar-refractivity contribution in [2.24, 2.45) is 0 Å². The van der Waals surface area contributed by atoms with Gasteiger partial charge < -0.3 is 10.6 Å². The van der Waals surface area contributed by atoms with E-state index >= 15 is 0 Å². The van der Waals surface area contributed by atoms with Gasteiger partial charge in [-0.05, 0) is 48.4 Å². The summed E-state index contributed by atoms with van der Waals surface area (Å²) in [5.74, 6) is -0.444. The van der Waals surface area contributed by atoms with Gasteiger partial charge in [0.1, 0.15) is 5.15 Å². The Balaban J connectivity index is 1.63. The first-order valence-electron chi connectivity index (χ1n) is 9.61. The smallest absolute Gasteiger partial charge is 0.251 e. The molecule has 0 aliphatic rings. The van der Waals surface area contributed by atoms with Crippen LogP contribution in [0.5, 0.6) is 0 Å². The van der Waals surface area contributed by atoms with Crippen LogP contribution in [0.2, 0.25) is 10.2 Å². The molecule has 6 nitrogen and oxygen atoms in total. The molecule has 0 aliphatic heterocycles. The Labute approximate surface area is 190 Å². The molecule has 0 bridgehead atoms. The Morgan fingerprint density at radius 2 is 1.84 bits per heavy atom. The molecule has 3 rings (SSSR count). The molecule has 1 heterocycles. The zero-order valence-corrected chi connectivity index (χ0v) is 18.7. The lowest BCUT2D eigenvalue weighted by Gasteiger charge is -2.05. The first-order valence-corrected chi connectivity index (χ1v) is 10.4. The molecule has 0 saturated heterocycles. The minimum atomic E-state index is -0.272. The quantitative estimate of drug-likeness (QED) is 0.522. The number of nitrogens with zero attached hydrogens (tertiary/aromatic N) is 2. The van der Waals surface area contributed by atoms with E-state index in [2.05, 4.69) is 15.7 Å². The minimum absolute atomic E-state index is 0.172. The Bertz CT molecular complexity index is 1120. The molecule has 2 aromatic carbocycles. The Morgan fingerprint density at radius 3 is 2.55 bits per heavy atom. The summed E-state index contributed by atoms with van der Waals surface area (Å²) in [6, 6.07) is 14.5. The maximum absolute atomic E-state index is 12.3. The maximum Gasteiger partial charge on any atom is 0.251 e. The van der Waals surface area contributed by atoms with Gasteiger partial charge in [0.2, 0.25) is 5.91 Å². The third-order valence-corrected chi connectivity index (χ3v) is 5.29. The molecule has 0 unspecified atom stereocenters. The van der Waals surface area contributed by atoms with Crippen molar-refractivity contribution in [2.75, 3.05) is 7.05 Å². The van der Waals surface area contributed by atoms with Crippen LogP contribution >= 0.6 is 23.2 Å². The highest BCUT2D eigenvalue weighted by Crippen LogP contribution is 2.22. The molecular weight excluding hydrogens is 435 g/mol. The second-order valence-corrected chi connectivity index (χ2v) is 7.70. The first-order chi connectivity index (χ1) is 14.9. The Morgan fingerprint density at radius 1 is 1.10 bits per heavy atom. The van der Waals surface area contributed by atoms with Crippen molar-refractivity contribution < 1.29 is 9.59 Å². The number of carbonyl (C=O) groups excluding carboxylic acids is 2. The summed E-state index contributed by atoms with van der Waals surface area (Å²) in [6.07, 6.45) is 3.07. The fourth-order valence-electron chi connectivity index (χ4n) is 3.00. The van der Waals surface area contributed by atoms with Crippen molar-refractivity contribution in [2.45, 2.75) is 20.0 Å². The molecule has 2 amide bonds. The lowest BCUT2D eigenvalue weighted by Crippen LogP contribution is -2.21. The fourth-order valence-corrected chi connectivity index (χ4v) is 3.42. The molecule has 1 aromatic heterocycles. The molecule has 0 fully saturated rings. The van der Waals surface area contributed by atoms with E-state index in [1.54, 1.807) is 36.0 Å². The third kappa shape index (κ3) is 5.96. The molecule has 3 aromatic rings. The van der Waals surface area contributed by atoms with Crippen LogP contribution in [-0.4, -0.2) is 28.6 Å². The molecule has 8 heteroatoms. The van der Waals surface area contributed by atoms with Crippen molar-refractivity contribution >= 4 is 41.1 Å². The van der Waals surface area contributed by atoms with Crippen LogP contribution in [0.3, 0.4) is 0 Å². The van der Waals surface area contributed by atoms with Crippen molar-refractivity contribution in [3.8, 4) is 0 Å². The number of hydrogen-bond donors (Lipinski definition) is 2. The summed E-state index contributed by atoms with van der Waals surface area (Å²) in [6.45, 7) is 2.64. The second kappa shape index (κ2) is 10.3. The average Bonchev–Trinajstić information content (AvgIpc) is 3.04. The minimum Gasteiger partial charge on any atom is -0.355 e. The van der Waals surface area contributed by atoms with E-state index in [4.69, 9.17) is 23.2 Å². The summed E-state index contributed by atoms with van der Waals surface area (Å²) < 4.78 is 1.68. The molecule has 0 radical (unpaired) electrons. The van der Waals surface area contributed by atoms with E-state index in [1.165, 1.54) is 6.08 Å². The number of rotatable bonds is 7. The maximum atomic E-state index is 12.3. The molecule has 31 heavy (non-hydrogen) atoms. The van der Waals surface area contributed by atoms with Gasteiger partial charge in [0.15, 0.2) is 0 Å². The van der Waals surface area contributed by atoms with Crippen LogP contribution in [-0.2, 0) is 17.9 Å². The van der Waals surface area contributed by atoms with Gasteiger partial charge in [0.25, 0.3) is 5.91 Å². The van der Waals surface area contributed by atoms with Gasteiger partial charge in [0.05, 0.1) is 12.2 Å². The largest absolute Gasteiger partial charge is 0.355 e. The number of carbonyl (C=O) groups is 2. The Kier molecular flexibility index (Phi) is 7.50. The lowest BCUT2D eigenvalue weighted by molar-refractivity contribution is -0.116. The highest BCUT2D eigenvalue weighted by molar-refractivity contribution is 6.31. The number of hydrogen-bond acceptors (Lipinski definition) is 3. The predicted octanol–water partition coefficient (Wildman–Crippen LogP) is 4.24. The highest BCUT2D eigenvalue weighted by atomic mass is 35.5. The standard InChI is InChI=1S/C23H22Cl2N4O2/c1-15-20(22(25)29(28-15)14-16-6-8-19(24)9-7-16)10-11-21(30)27-13-17-4-3-5-18(12-17)23(31)26-2/h3-12H,13-14H2,1-2H3,(H,26,31)(H,27,30)/b11-10+. The topological polar surface area (TPSA) is 76.0 Å². The van der Waals surface area contributed by atoms with E-state index in [-0.39, 0.29) is 11.8 Å². The first kappa shape index (κ1) is 22.6. The number of aromatic nitrogens is 2. The summed E-state index contributed by atoms with van der Waals surface area (Å²) in [7, 11) is 1.58. The van der Waals surface area contributed by atoms with E-state index in [9.17, 15) is 9.59 Å². The lowest BCUT2D eigenvalue weighted by atomic mass is 10.1. The van der Waals surface area contributed by atoms with E-state index in [0.29, 0.717) is 34.4 Å². The molecular formula is C23H22Cl2N4O2. The van der Waals surface area contributed by atoms with Gasteiger partial charge in [-0.15, -0.1) is 0 Å². The highest BCUT2D eigenvalue weighted by Gasteiger charge is 2.12. The Hall–Kier alpha value is -3.09. The summed E-state index contributed by atoms with van der Waals surface area (Å²) >= 11 is 12.4. The van der Waals surface area contributed by atoms with Gasteiger partial charge in [-0.25, -0.2) is 4.68 Å². The van der Waals surface area contributed by atoms with Crippen LogP contribution < -0.4 is 10.6 Å². The molecule has 0 atom stereocenters. The molecule has 160 valence electrons. The fraction of sp³-hybridized carbons (Fsp3) is 0.174. The molecule has 2 N–H and O–H groups in total. The SMILES string of the molecule is CNC(=O)c1cccc(CNC(=O)/C=C/c2c(C)nn(Cc3ccc(Cl)cc3)c2Cl)c1. The van der Waals surface area contributed by atoms with E-state index in [1.807, 2.05) is 37.3 Å².